The number of aryl methyl sites for hydroxylation is 1. The van der Waals surface area contributed by atoms with Gasteiger partial charge in [0.25, 0.3) is 0 Å². The SMILES string of the molecule is CCCNC(=O)N[C@@H](C)c1ccc(CC)cc1. The Morgan fingerprint density at radius 3 is 2.41 bits per heavy atom. The molecule has 1 aromatic rings. The lowest BCUT2D eigenvalue weighted by Gasteiger charge is -2.15. The van der Waals surface area contributed by atoms with E-state index < -0.39 is 0 Å². The zero-order valence-electron chi connectivity index (χ0n) is 10.9. The van der Waals surface area contributed by atoms with Gasteiger partial charge in [0, 0.05) is 6.54 Å². The van der Waals surface area contributed by atoms with Crippen LogP contribution in [0.25, 0.3) is 0 Å². The van der Waals surface area contributed by atoms with Crippen molar-refractivity contribution in [2.75, 3.05) is 6.54 Å². The van der Waals surface area contributed by atoms with Crippen molar-refractivity contribution in [3.63, 3.8) is 0 Å². The summed E-state index contributed by atoms with van der Waals surface area (Å²) in [7, 11) is 0. The minimum absolute atomic E-state index is 0.0396. The molecule has 1 rings (SSSR count). The molecular weight excluding hydrogens is 212 g/mol. The van der Waals surface area contributed by atoms with Crippen LogP contribution in [-0.2, 0) is 6.42 Å². The number of rotatable bonds is 5. The standard InChI is InChI=1S/C14H22N2O/c1-4-10-15-14(17)16-11(3)13-8-6-12(5-2)7-9-13/h6-9,11H,4-5,10H2,1-3H3,(H2,15,16,17)/t11-/m0/s1. The maximum Gasteiger partial charge on any atom is 0.315 e. The van der Waals surface area contributed by atoms with Crippen molar-refractivity contribution >= 4 is 6.03 Å². The number of hydrogen-bond acceptors (Lipinski definition) is 1. The van der Waals surface area contributed by atoms with E-state index in [0.717, 1.165) is 18.4 Å². The smallest absolute Gasteiger partial charge is 0.315 e. The predicted molar refractivity (Wildman–Crippen MR) is 71.1 cm³/mol. The van der Waals surface area contributed by atoms with Crippen LogP contribution in [0, 0.1) is 0 Å². The summed E-state index contributed by atoms with van der Waals surface area (Å²) in [4.78, 5) is 11.5. The first-order chi connectivity index (χ1) is 8.17. The molecule has 2 N–H and O–H groups in total. The molecule has 0 bridgehead atoms. The third-order valence-electron chi connectivity index (χ3n) is 2.77. The van der Waals surface area contributed by atoms with Crippen molar-refractivity contribution in [3.05, 3.63) is 35.4 Å². The molecule has 0 spiro atoms. The second kappa shape index (κ2) is 6.94. The molecule has 0 saturated carbocycles. The number of amides is 2. The fourth-order valence-electron chi connectivity index (χ4n) is 1.61. The van der Waals surface area contributed by atoms with Crippen molar-refractivity contribution in [2.24, 2.45) is 0 Å². The van der Waals surface area contributed by atoms with E-state index in [2.05, 4.69) is 41.8 Å². The number of carbonyl (C=O) groups is 1. The summed E-state index contributed by atoms with van der Waals surface area (Å²) in [5.74, 6) is 0. The number of nitrogens with one attached hydrogen (secondary N) is 2. The lowest BCUT2D eigenvalue weighted by Crippen LogP contribution is -2.37. The van der Waals surface area contributed by atoms with Crippen molar-refractivity contribution < 1.29 is 4.79 Å². The molecule has 0 unspecified atom stereocenters. The molecule has 94 valence electrons. The number of carbonyl (C=O) groups excluding carboxylic acids is 1. The van der Waals surface area contributed by atoms with E-state index >= 15 is 0 Å². The summed E-state index contributed by atoms with van der Waals surface area (Å²) < 4.78 is 0. The Labute approximate surface area is 104 Å². The third-order valence-corrected chi connectivity index (χ3v) is 2.77. The second-order valence-electron chi connectivity index (χ2n) is 4.22. The Bertz CT molecular complexity index is 346. The number of benzene rings is 1. The minimum atomic E-state index is -0.0982. The molecule has 0 radical (unpaired) electrons. The van der Waals surface area contributed by atoms with Crippen molar-refractivity contribution in [1.29, 1.82) is 0 Å². The summed E-state index contributed by atoms with van der Waals surface area (Å²) in [5.41, 5.74) is 2.45. The van der Waals surface area contributed by atoms with E-state index in [1.807, 2.05) is 13.8 Å². The fourth-order valence-corrected chi connectivity index (χ4v) is 1.61. The van der Waals surface area contributed by atoms with Gasteiger partial charge in [-0.2, -0.15) is 0 Å². The highest BCUT2D eigenvalue weighted by atomic mass is 16.2. The molecule has 3 nitrogen and oxygen atoms in total. The zero-order chi connectivity index (χ0) is 12.7. The zero-order valence-corrected chi connectivity index (χ0v) is 10.9. The summed E-state index contributed by atoms with van der Waals surface area (Å²) in [5, 5.41) is 5.72. The van der Waals surface area contributed by atoms with Gasteiger partial charge in [0.1, 0.15) is 0 Å². The topological polar surface area (TPSA) is 41.1 Å². The van der Waals surface area contributed by atoms with Gasteiger partial charge in [-0.3, -0.25) is 0 Å². The molecule has 0 aromatic heterocycles. The minimum Gasteiger partial charge on any atom is -0.338 e. The molecule has 0 aliphatic heterocycles. The van der Waals surface area contributed by atoms with Crippen molar-refractivity contribution in [3.8, 4) is 0 Å². The van der Waals surface area contributed by atoms with Crippen LogP contribution in [0.3, 0.4) is 0 Å². The van der Waals surface area contributed by atoms with Gasteiger partial charge in [-0.25, -0.2) is 4.79 Å². The Morgan fingerprint density at radius 2 is 1.88 bits per heavy atom. The highest BCUT2D eigenvalue weighted by molar-refractivity contribution is 5.74. The van der Waals surface area contributed by atoms with Crippen LogP contribution in [0.15, 0.2) is 24.3 Å². The lowest BCUT2D eigenvalue weighted by atomic mass is 10.1. The summed E-state index contributed by atoms with van der Waals surface area (Å²) >= 11 is 0. The van der Waals surface area contributed by atoms with Gasteiger partial charge in [-0.15, -0.1) is 0 Å². The molecule has 1 atom stereocenters. The summed E-state index contributed by atoms with van der Waals surface area (Å²) in [6.45, 7) is 6.88. The molecule has 0 heterocycles. The first kappa shape index (κ1) is 13.6. The van der Waals surface area contributed by atoms with E-state index in [9.17, 15) is 4.79 Å². The average molecular weight is 234 g/mol. The van der Waals surface area contributed by atoms with Gasteiger partial charge in [0.05, 0.1) is 6.04 Å². The van der Waals surface area contributed by atoms with E-state index in [-0.39, 0.29) is 12.1 Å². The Kier molecular flexibility index (Phi) is 5.53. The van der Waals surface area contributed by atoms with Crippen LogP contribution in [0.5, 0.6) is 0 Å². The molecule has 0 saturated heterocycles. The summed E-state index contributed by atoms with van der Waals surface area (Å²) in [6, 6.07) is 8.30. The van der Waals surface area contributed by atoms with Crippen molar-refractivity contribution in [1.82, 2.24) is 10.6 Å². The Balaban J connectivity index is 2.51. The van der Waals surface area contributed by atoms with Crippen LogP contribution in [-0.4, -0.2) is 12.6 Å². The number of urea groups is 1. The fraction of sp³-hybridized carbons (Fsp3) is 0.500. The maximum atomic E-state index is 11.5. The van der Waals surface area contributed by atoms with Crippen LogP contribution in [0.1, 0.15) is 44.4 Å². The van der Waals surface area contributed by atoms with Crippen LogP contribution in [0.2, 0.25) is 0 Å². The van der Waals surface area contributed by atoms with Gasteiger partial charge in [-0.1, -0.05) is 38.1 Å². The molecule has 1 aromatic carbocycles. The van der Waals surface area contributed by atoms with Gasteiger partial charge < -0.3 is 10.6 Å². The number of hydrogen-bond donors (Lipinski definition) is 2. The van der Waals surface area contributed by atoms with Crippen molar-refractivity contribution in [2.45, 2.75) is 39.7 Å². The lowest BCUT2D eigenvalue weighted by molar-refractivity contribution is 0.238. The largest absolute Gasteiger partial charge is 0.338 e. The molecule has 0 fully saturated rings. The van der Waals surface area contributed by atoms with Gasteiger partial charge >= 0.3 is 6.03 Å². The van der Waals surface area contributed by atoms with Crippen LogP contribution < -0.4 is 10.6 Å². The Morgan fingerprint density at radius 1 is 1.24 bits per heavy atom. The maximum absolute atomic E-state index is 11.5. The van der Waals surface area contributed by atoms with Crippen LogP contribution >= 0.6 is 0 Å². The van der Waals surface area contributed by atoms with Crippen LogP contribution in [0.4, 0.5) is 4.79 Å². The molecule has 3 heteroatoms. The van der Waals surface area contributed by atoms with Gasteiger partial charge in [0.15, 0.2) is 0 Å². The van der Waals surface area contributed by atoms with E-state index in [4.69, 9.17) is 0 Å². The average Bonchev–Trinajstić information content (AvgIpc) is 2.36. The summed E-state index contributed by atoms with van der Waals surface area (Å²) in [6.07, 6.45) is 1.99. The van der Waals surface area contributed by atoms with E-state index in [1.165, 1.54) is 5.56 Å². The molecule has 0 aliphatic carbocycles. The monoisotopic (exact) mass is 234 g/mol. The molecular formula is C14H22N2O. The van der Waals surface area contributed by atoms with Gasteiger partial charge in [-0.05, 0) is 30.9 Å². The highest BCUT2D eigenvalue weighted by Gasteiger charge is 2.08. The second-order valence-corrected chi connectivity index (χ2v) is 4.22. The van der Waals surface area contributed by atoms with Gasteiger partial charge in [0.2, 0.25) is 0 Å². The third kappa shape index (κ3) is 4.47. The highest BCUT2D eigenvalue weighted by Crippen LogP contribution is 2.13. The first-order valence-corrected chi connectivity index (χ1v) is 6.30. The molecule has 0 aliphatic rings. The first-order valence-electron chi connectivity index (χ1n) is 6.30. The van der Waals surface area contributed by atoms with E-state index in [1.54, 1.807) is 0 Å². The Hall–Kier alpha value is -1.51. The normalized spacial score (nSPS) is 11.9. The molecule has 17 heavy (non-hydrogen) atoms. The quantitative estimate of drug-likeness (QED) is 0.808. The van der Waals surface area contributed by atoms with E-state index in [0.29, 0.717) is 6.54 Å². The molecule has 2 amide bonds. The predicted octanol–water partition coefficient (Wildman–Crippen LogP) is 3.02.